The lowest BCUT2D eigenvalue weighted by Gasteiger charge is -2.39. The molecule has 9 nitrogen and oxygen atoms in total. The van der Waals surface area contributed by atoms with Gasteiger partial charge in [-0.05, 0) is 51.1 Å². The van der Waals surface area contributed by atoms with Crippen LogP contribution in [-0.2, 0) is 15.8 Å². The molecule has 2 amide bonds. The van der Waals surface area contributed by atoms with Crippen LogP contribution in [0.4, 0.5) is 30.4 Å². The molecule has 1 N–H and O–H groups in total. The molecule has 0 saturated carbocycles. The monoisotopic (exact) mass is 606 g/mol. The van der Waals surface area contributed by atoms with Gasteiger partial charge in [0.2, 0.25) is 11.8 Å². The number of rotatable bonds is 8. The number of hydrogen-bond donors (Lipinski definition) is 1. The molecule has 0 spiro atoms. The van der Waals surface area contributed by atoms with Crippen LogP contribution in [-0.4, -0.2) is 104 Å². The quantitative estimate of drug-likeness (QED) is 0.488. The minimum Gasteiger partial charge on any atom is -0.395 e. The smallest absolute Gasteiger partial charge is 0.395 e. The van der Waals surface area contributed by atoms with E-state index in [0.717, 1.165) is 54.5 Å². The van der Waals surface area contributed by atoms with Crippen LogP contribution in [0.5, 0.6) is 0 Å². The largest absolute Gasteiger partial charge is 0.416 e. The van der Waals surface area contributed by atoms with E-state index < -0.39 is 29.6 Å². The number of pyridine rings is 1. The number of likely N-dealkylation sites (N-methyl/N-ethyl adjacent to an activating group) is 3. The summed E-state index contributed by atoms with van der Waals surface area (Å²) in [7, 11) is 5.61. The van der Waals surface area contributed by atoms with Crippen LogP contribution in [0.25, 0.3) is 0 Å². The van der Waals surface area contributed by atoms with Gasteiger partial charge < -0.3 is 14.9 Å². The lowest BCUT2D eigenvalue weighted by atomic mass is 10.1. The van der Waals surface area contributed by atoms with E-state index in [2.05, 4.69) is 19.7 Å². The van der Waals surface area contributed by atoms with Gasteiger partial charge in [0, 0.05) is 65.0 Å². The van der Waals surface area contributed by atoms with Gasteiger partial charge in [-0.2, -0.15) is 13.2 Å². The van der Waals surface area contributed by atoms with Crippen LogP contribution in [0.3, 0.4) is 0 Å². The second-order valence-corrected chi connectivity index (χ2v) is 11.1. The molecular formula is C31H45F3N6O3. The number of alkyl halides is 3. The first kappa shape index (κ1) is 34.3. The third-order valence-electron chi connectivity index (χ3n) is 8.12. The number of benzene rings is 1. The number of aliphatic hydroxyl groups is 1. The van der Waals surface area contributed by atoms with E-state index in [1.165, 1.54) is 11.8 Å². The number of aromatic nitrogens is 1. The van der Waals surface area contributed by atoms with Crippen molar-refractivity contribution in [3.8, 4) is 0 Å². The molecule has 2 unspecified atom stereocenters. The number of hydrogen-bond acceptors (Lipinski definition) is 7. The van der Waals surface area contributed by atoms with Crippen molar-refractivity contribution in [1.29, 1.82) is 0 Å². The Morgan fingerprint density at radius 3 is 2.49 bits per heavy atom. The summed E-state index contributed by atoms with van der Waals surface area (Å²) in [6.07, 6.45) is -4.38. The standard InChI is InChI=1S/C29H39F3N6O3.C2H6/c1-19-7-6-8-23(27(19)35(4)12-14-37-13-11-34(3)22(17-37)18-39)36(5)28(41)24-9-10-26(40)38(24)25-16-21(29(30,31)32)15-20(2)33-25;1-2/h6-8,15-16,22,24,39H,9-14,17-18H2,1-5H3;1-2H3. The van der Waals surface area contributed by atoms with Gasteiger partial charge in [0.05, 0.1) is 23.5 Å². The van der Waals surface area contributed by atoms with Crippen LogP contribution < -0.4 is 14.7 Å². The van der Waals surface area contributed by atoms with Gasteiger partial charge >= 0.3 is 6.18 Å². The van der Waals surface area contributed by atoms with Crippen molar-refractivity contribution in [2.75, 3.05) is 75.2 Å². The van der Waals surface area contributed by atoms with Gasteiger partial charge in [-0.15, -0.1) is 0 Å². The van der Waals surface area contributed by atoms with E-state index >= 15 is 0 Å². The summed E-state index contributed by atoms with van der Waals surface area (Å²) < 4.78 is 40.5. The third-order valence-corrected chi connectivity index (χ3v) is 8.12. The molecule has 1 aromatic carbocycles. The van der Waals surface area contributed by atoms with Crippen molar-refractivity contribution < 1.29 is 27.9 Å². The molecule has 2 fully saturated rings. The highest BCUT2D eigenvalue weighted by atomic mass is 19.4. The zero-order valence-corrected chi connectivity index (χ0v) is 26.3. The fourth-order valence-electron chi connectivity index (χ4n) is 5.71. The van der Waals surface area contributed by atoms with Gasteiger partial charge in [0.25, 0.3) is 0 Å². The number of carbonyl (C=O) groups excluding carboxylic acids is 2. The number of halogens is 3. The summed E-state index contributed by atoms with van der Waals surface area (Å²) >= 11 is 0. The van der Waals surface area contributed by atoms with Gasteiger partial charge in [-0.1, -0.05) is 26.0 Å². The number of piperazine rings is 1. The fourth-order valence-corrected chi connectivity index (χ4v) is 5.71. The van der Waals surface area contributed by atoms with E-state index in [0.29, 0.717) is 12.2 Å². The topological polar surface area (TPSA) is 83.5 Å². The molecule has 2 aliphatic heterocycles. The molecule has 4 rings (SSSR count). The summed E-state index contributed by atoms with van der Waals surface area (Å²) in [5, 5.41) is 9.69. The van der Waals surface area contributed by atoms with E-state index in [1.54, 1.807) is 7.05 Å². The molecule has 43 heavy (non-hydrogen) atoms. The third kappa shape index (κ3) is 7.84. The second-order valence-electron chi connectivity index (χ2n) is 11.1. The Kier molecular flexibility index (Phi) is 11.6. The normalized spacial score (nSPS) is 19.7. The first-order valence-corrected chi connectivity index (χ1v) is 14.8. The summed E-state index contributed by atoms with van der Waals surface area (Å²) in [5.74, 6) is -0.989. The van der Waals surface area contributed by atoms with Crippen molar-refractivity contribution in [2.24, 2.45) is 0 Å². The van der Waals surface area contributed by atoms with Crippen LogP contribution in [0.15, 0.2) is 30.3 Å². The van der Waals surface area contributed by atoms with Crippen molar-refractivity contribution >= 4 is 29.0 Å². The van der Waals surface area contributed by atoms with Crippen LogP contribution >= 0.6 is 0 Å². The number of para-hydroxylation sites is 1. The highest BCUT2D eigenvalue weighted by Crippen LogP contribution is 2.36. The first-order chi connectivity index (χ1) is 20.3. The Bertz CT molecular complexity index is 1270. The molecular weight excluding hydrogens is 561 g/mol. The van der Waals surface area contributed by atoms with E-state index in [-0.39, 0.29) is 37.0 Å². The summed E-state index contributed by atoms with van der Waals surface area (Å²) in [6.45, 7) is 11.5. The average Bonchev–Trinajstić information content (AvgIpc) is 3.37. The average molecular weight is 607 g/mol. The lowest BCUT2D eigenvalue weighted by molar-refractivity contribution is -0.137. The van der Waals surface area contributed by atoms with E-state index in [4.69, 9.17) is 0 Å². The minimum absolute atomic E-state index is 0.0433. The maximum absolute atomic E-state index is 13.9. The number of aliphatic hydroxyl groups excluding tert-OH is 1. The zero-order valence-electron chi connectivity index (χ0n) is 26.3. The van der Waals surface area contributed by atoms with E-state index in [9.17, 15) is 27.9 Å². The molecule has 3 heterocycles. The predicted octanol–water partition coefficient (Wildman–Crippen LogP) is 3.95. The number of nitrogens with zero attached hydrogens (tertiary/aromatic N) is 6. The second kappa shape index (κ2) is 14.5. The number of anilines is 3. The highest BCUT2D eigenvalue weighted by Gasteiger charge is 2.41. The molecule has 238 valence electrons. The highest BCUT2D eigenvalue weighted by molar-refractivity contribution is 6.09. The van der Waals surface area contributed by atoms with Gasteiger partial charge in [0.1, 0.15) is 11.9 Å². The maximum Gasteiger partial charge on any atom is 0.416 e. The Morgan fingerprint density at radius 2 is 1.84 bits per heavy atom. The van der Waals surface area contributed by atoms with Gasteiger partial charge in [0.15, 0.2) is 0 Å². The SMILES string of the molecule is CC.Cc1cc(C(F)(F)F)cc(N2C(=O)CCC2C(=O)N(C)c2cccc(C)c2N(C)CCN2CCN(C)C(CO)C2)n1. The van der Waals surface area contributed by atoms with Crippen LogP contribution in [0, 0.1) is 13.8 Å². The van der Waals surface area contributed by atoms with Crippen LogP contribution in [0.2, 0.25) is 0 Å². The molecule has 0 radical (unpaired) electrons. The van der Waals surface area contributed by atoms with Crippen molar-refractivity contribution in [1.82, 2.24) is 14.8 Å². The van der Waals surface area contributed by atoms with Crippen LogP contribution in [0.1, 0.15) is 43.5 Å². The van der Waals surface area contributed by atoms with Crippen molar-refractivity contribution in [3.63, 3.8) is 0 Å². The predicted molar refractivity (Wildman–Crippen MR) is 164 cm³/mol. The Balaban J connectivity index is 0.00000248. The van der Waals surface area contributed by atoms with E-state index in [1.807, 2.05) is 53.1 Å². The maximum atomic E-state index is 13.9. The fraction of sp³-hybridized carbons (Fsp3) is 0.581. The number of aryl methyl sites for hydroxylation is 2. The first-order valence-electron chi connectivity index (χ1n) is 14.8. The number of carbonyl (C=O) groups is 2. The Morgan fingerprint density at radius 1 is 1.14 bits per heavy atom. The summed E-state index contributed by atoms with van der Waals surface area (Å²) in [4.78, 5) is 40.1. The molecule has 0 aliphatic carbocycles. The molecule has 2 atom stereocenters. The van der Waals surface area contributed by atoms with Gasteiger partial charge in [-0.25, -0.2) is 4.98 Å². The zero-order chi connectivity index (χ0) is 32.1. The molecule has 0 bridgehead atoms. The Hall–Kier alpha value is -3.22. The molecule has 2 aliphatic rings. The van der Waals surface area contributed by atoms with Gasteiger partial charge in [-0.3, -0.25) is 24.3 Å². The summed E-state index contributed by atoms with van der Waals surface area (Å²) in [6, 6.07) is 6.54. The lowest BCUT2D eigenvalue weighted by Crippen LogP contribution is -2.54. The number of amides is 2. The molecule has 1 aromatic heterocycles. The van der Waals surface area contributed by atoms with Crippen molar-refractivity contribution in [3.05, 3.63) is 47.2 Å². The van der Waals surface area contributed by atoms with Crippen molar-refractivity contribution in [2.45, 2.75) is 58.8 Å². The molecule has 12 heteroatoms. The molecule has 2 aromatic rings. The minimum atomic E-state index is -4.61. The molecule has 2 saturated heterocycles. The summed E-state index contributed by atoms with van der Waals surface area (Å²) in [5.41, 5.74) is 1.68. The Labute approximate surface area is 252 Å².